The van der Waals surface area contributed by atoms with E-state index in [2.05, 4.69) is 45.1 Å². The van der Waals surface area contributed by atoms with E-state index in [1.165, 1.54) is 49.7 Å². The van der Waals surface area contributed by atoms with Crippen molar-refractivity contribution in [3.63, 3.8) is 0 Å². The van der Waals surface area contributed by atoms with Crippen molar-refractivity contribution in [2.24, 2.45) is 11.3 Å². The predicted octanol–water partition coefficient (Wildman–Crippen LogP) is 5.43. The Labute approximate surface area is 106 Å². The van der Waals surface area contributed by atoms with Gasteiger partial charge in [-0.2, -0.15) is 0 Å². The van der Waals surface area contributed by atoms with Crippen LogP contribution in [0.25, 0.3) is 0 Å². The quantitative estimate of drug-likeness (QED) is 0.607. The maximum Gasteiger partial charge on any atom is -0.0106 e. The Hall–Kier alpha value is -0.780. The molecule has 0 heteroatoms. The average molecular weight is 230 g/mol. The summed E-state index contributed by atoms with van der Waals surface area (Å²) in [6.07, 6.45) is 17.8. The minimum absolute atomic E-state index is 0.332. The Morgan fingerprint density at radius 3 is 2.53 bits per heavy atom. The van der Waals surface area contributed by atoms with Crippen molar-refractivity contribution in [1.29, 1.82) is 0 Å². The Morgan fingerprint density at radius 1 is 1.18 bits per heavy atom. The summed E-state index contributed by atoms with van der Waals surface area (Å²) in [6.45, 7) is 6.96. The average Bonchev–Trinajstić information content (AvgIpc) is 2.80. The van der Waals surface area contributed by atoms with Crippen LogP contribution in [-0.4, -0.2) is 0 Å². The van der Waals surface area contributed by atoms with E-state index >= 15 is 0 Å². The highest BCUT2D eigenvalue weighted by Crippen LogP contribution is 2.36. The highest BCUT2D eigenvalue weighted by atomic mass is 14.3. The summed E-state index contributed by atoms with van der Waals surface area (Å²) in [5.41, 5.74) is 3.29. The molecule has 0 radical (unpaired) electrons. The minimum atomic E-state index is 0.332. The molecule has 2 rings (SSSR count). The van der Waals surface area contributed by atoms with Gasteiger partial charge in [0.15, 0.2) is 0 Å². The molecular weight excluding hydrogens is 204 g/mol. The lowest BCUT2D eigenvalue weighted by molar-refractivity contribution is 0.418. The maximum absolute atomic E-state index is 2.51. The Kier molecular flexibility index (Phi) is 3.91. The number of hydrogen-bond acceptors (Lipinski definition) is 0. The highest BCUT2D eigenvalue weighted by Gasteiger charge is 2.21. The van der Waals surface area contributed by atoms with E-state index in [0.717, 1.165) is 5.92 Å². The van der Waals surface area contributed by atoms with Crippen molar-refractivity contribution in [2.45, 2.75) is 59.3 Å². The molecule has 0 aliphatic heterocycles. The van der Waals surface area contributed by atoms with Crippen molar-refractivity contribution in [3.05, 3.63) is 35.5 Å². The number of hydrogen-bond donors (Lipinski definition) is 0. The zero-order chi connectivity index (χ0) is 12.3. The summed E-state index contributed by atoms with van der Waals surface area (Å²) in [7, 11) is 0. The molecule has 0 aromatic rings. The lowest BCUT2D eigenvalue weighted by atomic mass is 9.82. The normalized spacial score (nSPS) is 24.4. The second kappa shape index (κ2) is 5.25. The van der Waals surface area contributed by atoms with Gasteiger partial charge < -0.3 is 0 Å². The van der Waals surface area contributed by atoms with Crippen LogP contribution in [0.2, 0.25) is 0 Å². The van der Waals surface area contributed by atoms with Gasteiger partial charge in [-0.3, -0.25) is 0 Å². The lowest BCUT2D eigenvalue weighted by Gasteiger charge is -2.23. The molecule has 0 bridgehead atoms. The molecule has 0 saturated heterocycles. The summed E-state index contributed by atoms with van der Waals surface area (Å²) in [5.74, 6) is 0.837. The van der Waals surface area contributed by atoms with Crippen LogP contribution in [0, 0.1) is 11.3 Å². The molecule has 0 N–H and O–H groups in total. The smallest absolute Gasteiger partial charge is 0.0106 e. The number of rotatable bonds is 3. The first kappa shape index (κ1) is 12.7. The van der Waals surface area contributed by atoms with Crippen LogP contribution in [0.15, 0.2) is 35.5 Å². The molecule has 17 heavy (non-hydrogen) atoms. The molecule has 0 aromatic carbocycles. The molecule has 0 atom stereocenters. The van der Waals surface area contributed by atoms with Gasteiger partial charge in [-0.05, 0) is 41.7 Å². The first-order chi connectivity index (χ1) is 8.12. The van der Waals surface area contributed by atoms with E-state index in [0.29, 0.717) is 5.41 Å². The van der Waals surface area contributed by atoms with Crippen molar-refractivity contribution in [3.8, 4) is 0 Å². The molecule has 0 heterocycles. The van der Waals surface area contributed by atoms with Gasteiger partial charge in [-0.15, -0.1) is 0 Å². The summed E-state index contributed by atoms with van der Waals surface area (Å²) in [6, 6.07) is 0. The molecule has 2 aliphatic carbocycles. The predicted molar refractivity (Wildman–Crippen MR) is 76.0 cm³/mol. The standard InChI is InChI=1S/C17H26/c1-4-17(2,3)16-11-10-15(13-16)12-14-8-6-5-7-9-14/h10-14H,4-9H2,1-3H3. The van der Waals surface area contributed by atoms with Crippen LogP contribution in [0.3, 0.4) is 0 Å². The van der Waals surface area contributed by atoms with Crippen molar-refractivity contribution < 1.29 is 0 Å². The molecule has 94 valence electrons. The SMILES string of the molecule is CCC(C)(C)C1=CC(=CC2CCCCC2)C=C1. The van der Waals surface area contributed by atoms with Crippen LogP contribution in [-0.2, 0) is 0 Å². The number of allylic oxidation sites excluding steroid dienone is 6. The lowest BCUT2D eigenvalue weighted by Crippen LogP contribution is -2.10. The van der Waals surface area contributed by atoms with Crippen LogP contribution >= 0.6 is 0 Å². The topological polar surface area (TPSA) is 0 Å². The second-order valence-electron chi connectivity index (χ2n) is 6.24. The van der Waals surface area contributed by atoms with Crippen LogP contribution < -0.4 is 0 Å². The van der Waals surface area contributed by atoms with E-state index < -0.39 is 0 Å². The first-order valence-electron chi connectivity index (χ1n) is 7.24. The Balaban J connectivity index is 2.05. The fourth-order valence-corrected chi connectivity index (χ4v) is 2.76. The third-order valence-corrected chi connectivity index (χ3v) is 4.52. The Bertz CT molecular complexity index is 346. The van der Waals surface area contributed by atoms with Gasteiger partial charge in [0.2, 0.25) is 0 Å². The fourth-order valence-electron chi connectivity index (χ4n) is 2.76. The molecule has 1 fully saturated rings. The largest absolute Gasteiger partial charge is 0.0741 e. The first-order valence-corrected chi connectivity index (χ1v) is 7.24. The molecule has 0 nitrogen and oxygen atoms in total. The minimum Gasteiger partial charge on any atom is -0.0741 e. The Morgan fingerprint density at radius 2 is 1.88 bits per heavy atom. The van der Waals surface area contributed by atoms with Crippen molar-refractivity contribution in [2.75, 3.05) is 0 Å². The van der Waals surface area contributed by atoms with Crippen molar-refractivity contribution in [1.82, 2.24) is 0 Å². The summed E-state index contributed by atoms with van der Waals surface area (Å²) >= 11 is 0. The second-order valence-corrected chi connectivity index (χ2v) is 6.24. The van der Waals surface area contributed by atoms with E-state index in [-0.39, 0.29) is 0 Å². The summed E-state index contributed by atoms with van der Waals surface area (Å²) < 4.78 is 0. The van der Waals surface area contributed by atoms with Crippen LogP contribution in [0.4, 0.5) is 0 Å². The molecule has 0 amide bonds. The molecule has 0 unspecified atom stereocenters. The van der Waals surface area contributed by atoms with E-state index in [9.17, 15) is 0 Å². The zero-order valence-corrected chi connectivity index (χ0v) is 11.6. The summed E-state index contributed by atoms with van der Waals surface area (Å²) in [5, 5.41) is 0. The maximum atomic E-state index is 2.51. The molecular formula is C17H26. The van der Waals surface area contributed by atoms with E-state index in [1.807, 2.05) is 0 Å². The molecule has 0 spiro atoms. The van der Waals surface area contributed by atoms with Crippen LogP contribution in [0.1, 0.15) is 59.3 Å². The summed E-state index contributed by atoms with van der Waals surface area (Å²) in [4.78, 5) is 0. The fraction of sp³-hybridized carbons (Fsp3) is 0.647. The van der Waals surface area contributed by atoms with Gasteiger partial charge in [0, 0.05) is 0 Å². The molecule has 0 aromatic heterocycles. The third-order valence-electron chi connectivity index (χ3n) is 4.52. The van der Waals surface area contributed by atoms with Gasteiger partial charge in [-0.25, -0.2) is 0 Å². The van der Waals surface area contributed by atoms with Gasteiger partial charge in [-0.1, -0.05) is 64.3 Å². The van der Waals surface area contributed by atoms with Gasteiger partial charge in [0.05, 0.1) is 0 Å². The van der Waals surface area contributed by atoms with Gasteiger partial charge in [0.25, 0.3) is 0 Å². The van der Waals surface area contributed by atoms with Gasteiger partial charge >= 0.3 is 0 Å². The van der Waals surface area contributed by atoms with E-state index in [1.54, 1.807) is 0 Å². The molecule has 1 saturated carbocycles. The molecule has 2 aliphatic rings. The monoisotopic (exact) mass is 230 g/mol. The van der Waals surface area contributed by atoms with Crippen LogP contribution in [0.5, 0.6) is 0 Å². The zero-order valence-electron chi connectivity index (χ0n) is 11.6. The van der Waals surface area contributed by atoms with E-state index in [4.69, 9.17) is 0 Å². The highest BCUT2D eigenvalue weighted by molar-refractivity contribution is 5.48. The van der Waals surface area contributed by atoms with Crippen molar-refractivity contribution >= 4 is 0 Å². The third kappa shape index (κ3) is 3.12. The van der Waals surface area contributed by atoms with Gasteiger partial charge in [0.1, 0.15) is 0 Å².